The number of ether oxygens (including phenoxy) is 1. The zero-order chi connectivity index (χ0) is 23.2. The normalized spacial score (nSPS) is 10.8. The third kappa shape index (κ3) is 10.9. The van der Waals surface area contributed by atoms with E-state index in [1.165, 1.54) is 5.56 Å². The molecule has 0 atom stereocenters. The molecule has 6 nitrogen and oxygen atoms in total. The van der Waals surface area contributed by atoms with Crippen LogP contribution in [0.2, 0.25) is 0 Å². The fraction of sp³-hybridized carbons (Fsp3) is 0.462. The molecule has 0 fully saturated rings. The van der Waals surface area contributed by atoms with Crippen LogP contribution in [0.1, 0.15) is 48.2 Å². The Hall–Kier alpha value is -2.29. The van der Waals surface area contributed by atoms with Gasteiger partial charge in [0, 0.05) is 39.3 Å². The summed E-state index contributed by atoms with van der Waals surface area (Å²) in [6.07, 6.45) is 3.91. The molecule has 33 heavy (non-hydrogen) atoms. The average Bonchev–Trinajstić information content (AvgIpc) is 2.80. The zero-order valence-corrected chi connectivity index (χ0v) is 22.7. The number of hydrogen-bond acceptors (Lipinski definition) is 3. The van der Waals surface area contributed by atoms with Crippen LogP contribution in [0.4, 0.5) is 0 Å². The lowest BCUT2D eigenvalue weighted by atomic mass is 10.1. The zero-order valence-electron chi connectivity index (χ0n) is 20.4. The first kappa shape index (κ1) is 28.7. The Labute approximate surface area is 216 Å². The Balaban J connectivity index is 0.00000544. The summed E-state index contributed by atoms with van der Waals surface area (Å²) in [5.74, 6) is 1.76. The van der Waals surface area contributed by atoms with Crippen LogP contribution in [0.15, 0.2) is 53.5 Å². The van der Waals surface area contributed by atoms with E-state index in [4.69, 9.17) is 9.73 Å². The summed E-state index contributed by atoms with van der Waals surface area (Å²) in [6.45, 7) is 7.25. The summed E-state index contributed by atoms with van der Waals surface area (Å²) in [5.41, 5.74) is 3.09. The quantitative estimate of drug-likeness (QED) is 0.172. The number of guanidine groups is 1. The number of aliphatic imine (C=N–C) groups is 1. The fourth-order valence-corrected chi connectivity index (χ4v) is 3.17. The molecular formula is C26H39IN4O2. The Bertz CT molecular complexity index is 854. The molecule has 0 aliphatic carbocycles. The van der Waals surface area contributed by atoms with E-state index in [9.17, 15) is 4.79 Å². The third-order valence-electron chi connectivity index (χ3n) is 4.99. The summed E-state index contributed by atoms with van der Waals surface area (Å²) in [5, 5.41) is 6.68. The number of unbranched alkanes of at least 4 members (excludes halogenated alkanes) is 1. The molecule has 0 saturated heterocycles. The summed E-state index contributed by atoms with van der Waals surface area (Å²) < 4.78 is 5.72. The van der Waals surface area contributed by atoms with Gasteiger partial charge < -0.3 is 20.3 Å². The van der Waals surface area contributed by atoms with Crippen LogP contribution < -0.4 is 15.4 Å². The van der Waals surface area contributed by atoms with Crippen LogP contribution in [0.5, 0.6) is 5.75 Å². The van der Waals surface area contributed by atoms with Gasteiger partial charge in [-0.25, -0.2) is 0 Å². The minimum atomic E-state index is 0. The van der Waals surface area contributed by atoms with Gasteiger partial charge in [-0.3, -0.25) is 9.79 Å². The maximum absolute atomic E-state index is 12.2. The number of nitrogens with one attached hydrogen (secondary N) is 2. The molecule has 0 saturated carbocycles. The molecule has 0 aliphatic heterocycles. The number of rotatable bonds is 12. The van der Waals surface area contributed by atoms with E-state index >= 15 is 0 Å². The molecule has 0 unspecified atom stereocenters. The minimum Gasteiger partial charge on any atom is -0.494 e. The van der Waals surface area contributed by atoms with Gasteiger partial charge in [0.2, 0.25) is 0 Å². The van der Waals surface area contributed by atoms with Gasteiger partial charge in [0.25, 0.3) is 5.91 Å². The smallest absolute Gasteiger partial charge is 0.253 e. The van der Waals surface area contributed by atoms with Crippen LogP contribution in [0, 0.1) is 0 Å². The van der Waals surface area contributed by atoms with Gasteiger partial charge in [-0.05, 0) is 61.6 Å². The Morgan fingerprint density at radius 3 is 2.42 bits per heavy atom. The maximum atomic E-state index is 12.2. The lowest BCUT2D eigenvalue weighted by molar-refractivity contribution is 0.0827. The van der Waals surface area contributed by atoms with Crippen molar-refractivity contribution in [1.82, 2.24) is 15.5 Å². The van der Waals surface area contributed by atoms with Crippen LogP contribution in [-0.2, 0) is 12.8 Å². The number of nitrogens with zero attached hydrogens (tertiary/aromatic N) is 2. The van der Waals surface area contributed by atoms with Crippen molar-refractivity contribution in [2.24, 2.45) is 4.99 Å². The largest absolute Gasteiger partial charge is 0.494 e. The Morgan fingerprint density at radius 2 is 1.76 bits per heavy atom. The summed E-state index contributed by atoms with van der Waals surface area (Å²) in [4.78, 5) is 18.4. The number of hydrogen-bond donors (Lipinski definition) is 2. The van der Waals surface area contributed by atoms with E-state index in [-0.39, 0.29) is 29.9 Å². The van der Waals surface area contributed by atoms with Gasteiger partial charge >= 0.3 is 0 Å². The number of carbonyl (C=O) groups is 1. The molecule has 0 radical (unpaired) electrons. The maximum Gasteiger partial charge on any atom is 0.253 e. The van der Waals surface area contributed by atoms with Gasteiger partial charge in [-0.15, -0.1) is 24.0 Å². The van der Waals surface area contributed by atoms with Gasteiger partial charge in [-0.2, -0.15) is 0 Å². The number of halogens is 1. The summed E-state index contributed by atoms with van der Waals surface area (Å²) in [7, 11) is 3.54. The second-order valence-electron chi connectivity index (χ2n) is 7.93. The molecule has 2 rings (SSSR count). The Morgan fingerprint density at radius 1 is 1.00 bits per heavy atom. The number of benzene rings is 2. The van der Waals surface area contributed by atoms with Gasteiger partial charge in [0.05, 0.1) is 6.61 Å². The first-order valence-electron chi connectivity index (χ1n) is 11.6. The second kappa shape index (κ2) is 16.3. The highest BCUT2D eigenvalue weighted by Crippen LogP contribution is 2.13. The number of carbonyl (C=O) groups excluding carboxylic acids is 1. The van der Waals surface area contributed by atoms with E-state index in [1.807, 2.05) is 36.4 Å². The predicted molar refractivity (Wildman–Crippen MR) is 148 cm³/mol. The lowest BCUT2D eigenvalue weighted by Gasteiger charge is -2.13. The molecule has 0 aliphatic rings. The SMILES string of the molecule is CCCCOc1ccc(CCN=C(NCC)NCCc2cccc(C(=O)N(C)C)c2)cc1.I. The molecule has 7 heteroatoms. The Kier molecular flexibility index (Phi) is 14.2. The van der Waals surface area contributed by atoms with Crippen LogP contribution in [0.25, 0.3) is 0 Å². The molecule has 2 N–H and O–H groups in total. The molecule has 182 valence electrons. The van der Waals surface area contributed by atoms with Crippen LogP contribution >= 0.6 is 24.0 Å². The van der Waals surface area contributed by atoms with Gasteiger partial charge in [0.1, 0.15) is 5.75 Å². The highest BCUT2D eigenvalue weighted by atomic mass is 127. The minimum absolute atomic E-state index is 0. The first-order valence-corrected chi connectivity index (χ1v) is 11.6. The van der Waals surface area contributed by atoms with Crippen LogP contribution in [0.3, 0.4) is 0 Å². The molecular weight excluding hydrogens is 527 g/mol. The lowest BCUT2D eigenvalue weighted by Crippen LogP contribution is -2.38. The first-order chi connectivity index (χ1) is 15.5. The van der Waals surface area contributed by atoms with Crippen molar-refractivity contribution >= 4 is 35.8 Å². The van der Waals surface area contributed by atoms with Crippen molar-refractivity contribution in [2.45, 2.75) is 39.5 Å². The van der Waals surface area contributed by atoms with Crippen molar-refractivity contribution in [3.8, 4) is 5.75 Å². The summed E-state index contributed by atoms with van der Waals surface area (Å²) >= 11 is 0. The standard InChI is InChI=1S/C26H38N4O2.HI/c1-5-7-19-32-24-13-11-21(12-14-24)15-17-28-26(27-6-2)29-18-16-22-9-8-10-23(20-22)25(31)30(3)4;/h8-14,20H,5-7,15-19H2,1-4H3,(H2,27,28,29);1H. The van der Waals surface area contributed by atoms with Crippen LogP contribution in [-0.4, -0.2) is 57.1 Å². The fourth-order valence-electron chi connectivity index (χ4n) is 3.17. The van der Waals surface area contributed by atoms with Crippen molar-refractivity contribution < 1.29 is 9.53 Å². The van der Waals surface area contributed by atoms with E-state index < -0.39 is 0 Å². The van der Waals surface area contributed by atoms with E-state index in [1.54, 1.807) is 19.0 Å². The van der Waals surface area contributed by atoms with Crippen molar-refractivity contribution in [3.05, 3.63) is 65.2 Å². The molecule has 0 spiro atoms. The topological polar surface area (TPSA) is 66.0 Å². The predicted octanol–water partition coefficient (Wildman–Crippen LogP) is 4.53. The van der Waals surface area contributed by atoms with E-state index in [0.29, 0.717) is 6.54 Å². The highest BCUT2D eigenvalue weighted by molar-refractivity contribution is 14.0. The number of amides is 1. The van der Waals surface area contributed by atoms with Gasteiger partial charge in [-0.1, -0.05) is 37.6 Å². The van der Waals surface area contributed by atoms with Crippen molar-refractivity contribution in [3.63, 3.8) is 0 Å². The summed E-state index contributed by atoms with van der Waals surface area (Å²) in [6, 6.07) is 16.1. The molecule has 0 bridgehead atoms. The molecule has 2 aromatic carbocycles. The molecule has 2 aromatic rings. The molecule has 0 aromatic heterocycles. The highest BCUT2D eigenvalue weighted by Gasteiger charge is 2.08. The van der Waals surface area contributed by atoms with E-state index in [2.05, 4.69) is 36.6 Å². The van der Waals surface area contributed by atoms with E-state index in [0.717, 1.165) is 68.2 Å². The average molecular weight is 567 g/mol. The molecule has 1 amide bonds. The monoisotopic (exact) mass is 566 g/mol. The molecule has 0 heterocycles. The third-order valence-corrected chi connectivity index (χ3v) is 4.99. The van der Waals surface area contributed by atoms with Gasteiger partial charge in [0.15, 0.2) is 5.96 Å². The van der Waals surface area contributed by atoms with Crippen molar-refractivity contribution in [1.29, 1.82) is 0 Å². The van der Waals surface area contributed by atoms with Crippen molar-refractivity contribution in [2.75, 3.05) is 40.3 Å². The second-order valence-corrected chi connectivity index (χ2v) is 7.93.